The van der Waals surface area contributed by atoms with Crippen molar-refractivity contribution in [1.29, 1.82) is 0 Å². The van der Waals surface area contributed by atoms with Gasteiger partial charge in [-0.25, -0.2) is 4.79 Å². The lowest BCUT2D eigenvalue weighted by atomic mass is 9.86. The lowest BCUT2D eigenvalue weighted by Crippen LogP contribution is -2.49. The predicted molar refractivity (Wildman–Crippen MR) is 85.2 cm³/mol. The molecule has 1 amide bonds. The van der Waals surface area contributed by atoms with Gasteiger partial charge in [0.1, 0.15) is 11.6 Å². The molecular weight excluding hydrogens is 298 g/mol. The summed E-state index contributed by atoms with van der Waals surface area (Å²) in [6.07, 6.45) is 0. The third-order valence-electron chi connectivity index (χ3n) is 3.44. The number of ether oxygens (including phenoxy) is 1. The Kier molecular flexibility index (Phi) is 4.54. The van der Waals surface area contributed by atoms with Crippen LogP contribution in [-0.4, -0.2) is 25.0 Å². The van der Waals surface area contributed by atoms with E-state index in [4.69, 9.17) is 9.15 Å². The van der Waals surface area contributed by atoms with Crippen molar-refractivity contribution in [3.05, 3.63) is 46.3 Å². The van der Waals surface area contributed by atoms with Gasteiger partial charge in [0.25, 0.3) is 5.91 Å². The molecule has 1 heterocycles. The normalized spacial score (nSPS) is 12.7. The average molecular weight is 317 g/mol. The minimum atomic E-state index is -0.864. The minimum Gasteiger partial charge on any atom is -0.467 e. The van der Waals surface area contributed by atoms with Crippen molar-refractivity contribution < 1.29 is 18.7 Å². The number of para-hydroxylation sites is 1. The molecule has 122 valence electrons. The van der Waals surface area contributed by atoms with Crippen molar-refractivity contribution in [3.63, 3.8) is 0 Å². The van der Waals surface area contributed by atoms with Gasteiger partial charge < -0.3 is 14.5 Å². The fourth-order valence-corrected chi connectivity index (χ4v) is 2.16. The number of carbonyl (C=O) groups excluding carboxylic acids is 2. The molecule has 23 heavy (non-hydrogen) atoms. The van der Waals surface area contributed by atoms with E-state index >= 15 is 0 Å². The van der Waals surface area contributed by atoms with Gasteiger partial charge in [-0.15, -0.1) is 0 Å². The van der Waals surface area contributed by atoms with Gasteiger partial charge in [-0.1, -0.05) is 32.9 Å². The molecule has 2 aromatic rings. The molecule has 0 radical (unpaired) electrons. The van der Waals surface area contributed by atoms with Gasteiger partial charge in [-0.2, -0.15) is 0 Å². The maximum absolute atomic E-state index is 12.4. The number of benzene rings is 1. The summed E-state index contributed by atoms with van der Waals surface area (Å²) >= 11 is 0. The molecule has 0 aliphatic heterocycles. The van der Waals surface area contributed by atoms with Gasteiger partial charge in [-0.3, -0.25) is 9.59 Å². The quantitative estimate of drug-likeness (QED) is 0.876. The Morgan fingerprint density at radius 1 is 1.22 bits per heavy atom. The molecule has 0 saturated heterocycles. The maximum atomic E-state index is 12.4. The van der Waals surface area contributed by atoms with Crippen LogP contribution in [0.1, 0.15) is 31.3 Å². The number of rotatable bonds is 3. The number of carbonyl (C=O) groups is 2. The highest BCUT2D eigenvalue weighted by atomic mass is 16.5. The summed E-state index contributed by atoms with van der Waals surface area (Å²) in [5.41, 5.74) is -0.558. The first-order chi connectivity index (χ1) is 10.7. The van der Waals surface area contributed by atoms with Crippen LogP contribution >= 0.6 is 0 Å². The number of hydrogen-bond acceptors (Lipinski definition) is 5. The molecule has 1 unspecified atom stereocenters. The molecule has 1 atom stereocenters. The maximum Gasteiger partial charge on any atom is 0.328 e. The zero-order chi connectivity index (χ0) is 17.2. The molecule has 1 N–H and O–H groups in total. The van der Waals surface area contributed by atoms with Crippen molar-refractivity contribution in [1.82, 2.24) is 5.32 Å². The van der Waals surface area contributed by atoms with E-state index in [-0.39, 0.29) is 11.2 Å². The van der Waals surface area contributed by atoms with Crippen molar-refractivity contribution in [2.45, 2.75) is 26.8 Å². The fraction of sp³-hybridized carbons (Fsp3) is 0.353. The van der Waals surface area contributed by atoms with E-state index in [2.05, 4.69) is 5.32 Å². The highest BCUT2D eigenvalue weighted by Gasteiger charge is 2.34. The largest absolute Gasteiger partial charge is 0.467 e. The topological polar surface area (TPSA) is 85.6 Å². The molecule has 0 aliphatic carbocycles. The Balaban J connectivity index is 2.36. The van der Waals surface area contributed by atoms with Crippen LogP contribution in [0.2, 0.25) is 0 Å². The van der Waals surface area contributed by atoms with E-state index in [1.54, 1.807) is 45.0 Å². The smallest absolute Gasteiger partial charge is 0.328 e. The molecule has 0 fully saturated rings. The Morgan fingerprint density at radius 3 is 2.48 bits per heavy atom. The first-order valence-corrected chi connectivity index (χ1v) is 7.15. The average Bonchev–Trinajstić information content (AvgIpc) is 2.50. The van der Waals surface area contributed by atoms with Gasteiger partial charge in [0.2, 0.25) is 0 Å². The molecular formula is C17H19NO5. The van der Waals surface area contributed by atoms with Gasteiger partial charge in [0, 0.05) is 6.07 Å². The Morgan fingerprint density at radius 2 is 1.87 bits per heavy atom. The highest BCUT2D eigenvalue weighted by molar-refractivity contribution is 5.95. The summed E-state index contributed by atoms with van der Waals surface area (Å²) in [5.74, 6) is -1.35. The van der Waals surface area contributed by atoms with Crippen LogP contribution in [0.5, 0.6) is 0 Å². The Labute approximate surface area is 133 Å². The van der Waals surface area contributed by atoms with Crippen LogP contribution in [0.15, 0.2) is 39.5 Å². The van der Waals surface area contributed by atoms with Gasteiger partial charge >= 0.3 is 5.97 Å². The SMILES string of the molecule is COC(=O)C(NC(=O)c1cc(=O)c2ccccc2o1)C(C)(C)C. The number of esters is 1. The zero-order valence-corrected chi connectivity index (χ0v) is 13.5. The molecule has 1 aromatic carbocycles. The first kappa shape index (κ1) is 16.7. The number of methoxy groups -OCH3 is 1. The van der Waals surface area contributed by atoms with E-state index in [1.807, 2.05) is 0 Å². The summed E-state index contributed by atoms with van der Waals surface area (Å²) in [4.78, 5) is 36.3. The predicted octanol–water partition coefficient (Wildman–Crippen LogP) is 2.11. The second kappa shape index (κ2) is 6.24. The van der Waals surface area contributed by atoms with E-state index in [0.29, 0.717) is 11.0 Å². The van der Waals surface area contributed by atoms with Gasteiger partial charge in [0.15, 0.2) is 11.2 Å². The third kappa shape index (κ3) is 3.59. The molecule has 6 nitrogen and oxygen atoms in total. The first-order valence-electron chi connectivity index (χ1n) is 7.15. The fourth-order valence-electron chi connectivity index (χ4n) is 2.16. The summed E-state index contributed by atoms with van der Waals surface area (Å²) in [7, 11) is 1.25. The summed E-state index contributed by atoms with van der Waals surface area (Å²) in [5, 5.41) is 2.96. The number of nitrogens with one attached hydrogen (secondary N) is 1. The molecule has 6 heteroatoms. The minimum absolute atomic E-state index is 0.146. The van der Waals surface area contributed by atoms with E-state index in [9.17, 15) is 14.4 Å². The van der Waals surface area contributed by atoms with Crippen LogP contribution in [0, 0.1) is 5.41 Å². The number of amides is 1. The molecule has 1 aromatic heterocycles. The van der Waals surface area contributed by atoms with Crippen molar-refractivity contribution in [3.8, 4) is 0 Å². The summed E-state index contributed by atoms with van der Waals surface area (Å²) < 4.78 is 10.2. The molecule has 0 spiro atoms. The van der Waals surface area contributed by atoms with Crippen molar-refractivity contribution in [2.24, 2.45) is 5.41 Å². The molecule has 0 aliphatic rings. The molecule has 2 rings (SSSR count). The van der Waals surface area contributed by atoms with Crippen molar-refractivity contribution in [2.75, 3.05) is 7.11 Å². The Hall–Kier alpha value is -2.63. The van der Waals surface area contributed by atoms with Gasteiger partial charge in [0.05, 0.1) is 12.5 Å². The molecule has 0 bridgehead atoms. The van der Waals surface area contributed by atoms with Crippen LogP contribution in [0.4, 0.5) is 0 Å². The van der Waals surface area contributed by atoms with E-state index in [0.717, 1.165) is 6.07 Å². The van der Waals surface area contributed by atoms with Crippen LogP contribution in [0.25, 0.3) is 11.0 Å². The van der Waals surface area contributed by atoms with Crippen molar-refractivity contribution >= 4 is 22.8 Å². The van der Waals surface area contributed by atoms with Crippen LogP contribution < -0.4 is 10.7 Å². The third-order valence-corrected chi connectivity index (χ3v) is 3.44. The van der Waals surface area contributed by atoms with Gasteiger partial charge in [-0.05, 0) is 17.5 Å². The zero-order valence-electron chi connectivity index (χ0n) is 13.5. The van der Waals surface area contributed by atoms with Crippen LogP contribution in [0.3, 0.4) is 0 Å². The summed E-state index contributed by atoms with van der Waals surface area (Å²) in [6.45, 7) is 5.39. The lowest BCUT2D eigenvalue weighted by molar-refractivity contribution is -0.145. The standard InChI is InChI=1S/C17H19NO5/c1-17(2,3)14(16(21)22-4)18-15(20)13-9-11(19)10-7-5-6-8-12(10)23-13/h5-9,14H,1-4H3,(H,18,20). The molecule has 0 saturated carbocycles. The monoisotopic (exact) mass is 317 g/mol. The number of hydrogen-bond donors (Lipinski definition) is 1. The second-order valence-electron chi connectivity index (χ2n) is 6.27. The number of fused-ring (bicyclic) bond motifs is 1. The second-order valence-corrected chi connectivity index (χ2v) is 6.27. The van der Waals surface area contributed by atoms with E-state index < -0.39 is 23.3 Å². The Bertz CT molecular complexity index is 800. The van der Waals surface area contributed by atoms with Crippen LogP contribution in [-0.2, 0) is 9.53 Å². The van der Waals surface area contributed by atoms with E-state index in [1.165, 1.54) is 7.11 Å². The highest BCUT2D eigenvalue weighted by Crippen LogP contribution is 2.21. The lowest BCUT2D eigenvalue weighted by Gasteiger charge is -2.28. The summed E-state index contributed by atoms with van der Waals surface area (Å²) in [6, 6.07) is 6.90.